The van der Waals surface area contributed by atoms with Crippen LogP contribution in [0.1, 0.15) is 47.8 Å². The van der Waals surface area contributed by atoms with E-state index in [9.17, 15) is 9.90 Å². The minimum atomic E-state index is -0.837. The summed E-state index contributed by atoms with van der Waals surface area (Å²) in [7, 11) is 0. The third kappa shape index (κ3) is 2.73. The van der Waals surface area contributed by atoms with Crippen molar-refractivity contribution < 1.29 is 14.3 Å². The molecule has 3 aromatic heterocycles. The van der Waals surface area contributed by atoms with Gasteiger partial charge in [0.2, 0.25) is 5.76 Å². The summed E-state index contributed by atoms with van der Waals surface area (Å²) in [5.74, 6) is 0.750. The second-order valence-electron chi connectivity index (χ2n) is 8.26. The highest BCUT2D eigenvalue weighted by molar-refractivity contribution is 5.93. The van der Waals surface area contributed by atoms with Crippen LogP contribution in [0.25, 0.3) is 10.9 Å². The molecule has 7 heteroatoms. The smallest absolute Gasteiger partial charge is 0.292 e. The minimum absolute atomic E-state index is 0.0287. The molecule has 0 radical (unpaired) electrons. The minimum Gasteiger partial charge on any atom is -0.436 e. The van der Waals surface area contributed by atoms with Crippen molar-refractivity contribution >= 4 is 16.8 Å². The van der Waals surface area contributed by atoms with Gasteiger partial charge >= 0.3 is 0 Å². The number of hydrogen-bond donors (Lipinski definition) is 1. The topological polar surface area (TPSA) is 84.4 Å². The van der Waals surface area contributed by atoms with Crippen LogP contribution in [0.3, 0.4) is 0 Å². The quantitative estimate of drug-likeness (QED) is 0.755. The lowest BCUT2D eigenvalue weighted by atomic mass is 9.85. The molecule has 2 bridgehead atoms. The van der Waals surface area contributed by atoms with Crippen LogP contribution >= 0.6 is 0 Å². The van der Waals surface area contributed by atoms with Crippen LogP contribution in [-0.4, -0.2) is 48.1 Å². The van der Waals surface area contributed by atoms with E-state index >= 15 is 0 Å². The first-order valence-corrected chi connectivity index (χ1v) is 9.81. The van der Waals surface area contributed by atoms with Crippen molar-refractivity contribution in [3.63, 3.8) is 0 Å². The van der Waals surface area contributed by atoms with Crippen molar-refractivity contribution in [3.05, 3.63) is 48.1 Å². The highest BCUT2D eigenvalue weighted by Gasteiger charge is 2.50. The number of pyridine rings is 1. The maximum Gasteiger partial charge on any atom is 0.292 e. The van der Waals surface area contributed by atoms with E-state index in [4.69, 9.17) is 4.42 Å². The molecular formula is C21H24N4O3. The van der Waals surface area contributed by atoms with Gasteiger partial charge in [0.1, 0.15) is 0 Å². The van der Waals surface area contributed by atoms with Crippen molar-refractivity contribution in [3.8, 4) is 0 Å². The van der Waals surface area contributed by atoms with Gasteiger partial charge in [-0.15, -0.1) is 0 Å². The number of hydrogen-bond acceptors (Lipinski definition) is 5. The SMILES string of the molecule is Cc1nc(C)c(C(=O)N2C3CCC2CC(O)(Cn2ccc4ccncc42)C3)o1. The highest BCUT2D eigenvalue weighted by Crippen LogP contribution is 2.42. The van der Waals surface area contributed by atoms with Crippen LogP contribution in [0.4, 0.5) is 0 Å². The zero-order valence-corrected chi connectivity index (χ0v) is 16.1. The molecule has 2 aliphatic heterocycles. The van der Waals surface area contributed by atoms with Crippen molar-refractivity contribution in [1.29, 1.82) is 0 Å². The normalized spacial score (nSPS) is 26.9. The number of carbonyl (C=O) groups is 1. The van der Waals surface area contributed by atoms with Crippen LogP contribution in [0.5, 0.6) is 0 Å². The van der Waals surface area contributed by atoms with E-state index in [0.717, 1.165) is 23.7 Å². The van der Waals surface area contributed by atoms with Gasteiger partial charge in [-0.2, -0.15) is 0 Å². The van der Waals surface area contributed by atoms with E-state index < -0.39 is 5.60 Å². The summed E-state index contributed by atoms with van der Waals surface area (Å²) < 4.78 is 7.64. The summed E-state index contributed by atoms with van der Waals surface area (Å²) in [5, 5.41) is 12.5. The molecular weight excluding hydrogens is 356 g/mol. The van der Waals surface area contributed by atoms with Crippen LogP contribution in [0, 0.1) is 13.8 Å². The number of aromatic nitrogens is 3. The average molecular weight is 380 g/mol. The summed E-state index contributed by atoms with van der Waals surface area (Å²) in [6.45, 7) is 4.07. The molecule has 1 N–H and O–H groups in total. The van der Waals surface area contributed by atoms with Gasteiger partial charge in [-0.3, -0.25) is 9.78 Å². The van der Waals surface area contributed by atoms with Crippen molar-refractivity contribution in [1.82, 2.24) is 19.4 Å². The van der Waals surface area contributed by atoms with Crippen LogP contribution in [0.2, 0.25) is 0 Å². The summed E-state index contributed by atoms with van der Waals surface area (Å²) in [6.07, 6.45) is 8.59. The van der Waals surface area contributed by atoms with E-state index in [-0.39, 0.29) is 18.0 Å². The molecule has 2 saturated heterocycles. The molecule has 0 spiro atoms. The second-order valence-corrected chi connectivity index (χ2v) is 8.26. The number of nitrogens with zero attached hydrogens (tertiary/aromatic N) is 4. The predicted molar refractivity (Wildman–Crippen MR) is 103 cm³/mol. The Hall–Kier alpha value is -2.67. The fourth-order valence-electron chi connectivity index (χ4n) is 5.11. The number of rotatable bonds is 3. The average Bonchev–Trinajstić information content (AvgIpc) is 3.29. The zero-order chi connectivity index (χ0) is 19.5. The molecule has 1 amide bonds. The standard InChI is InChI=1S/C21H24N4O3/c1-13-19(28-14(2)23-13)20(26)25-16-3-4-17(25)10-21(27,9-16)12-24-8-6-15-5-7-22-11-18(15)24/h5-8,11,16-17,27H,3-4,9-10,12H2,1-2H3. The molecule has 2 unspecified atom stereocenters. The number of aryl methyl sites for hydroxylation is 2. The molecule has 0 aromatic carbocycles. The van der Waals surface area contributed by atoms with E-state index in [2.05, 4.69) is 14.5 Å². The first kappa shape index (κ1) is 17.4. The van der Waals surface area contributed by atoms with Crippen LogP contribution < -0.4 is 0 Å². The van der Waals surface area contributed by atoms with Crippen LogP contribution in [-0.2, 0) is 6.54 Å². The largest absolute Gasteiger partial charge is 0.436 e. The summed E-state index contributed by atoms with van der Waals surface area (Å²) in [6, 6.07) is 4.08. The lowest BCUT2D eigenvalue weighted by Crippen LogP contribution is -2.54. The summed E-state index contributed by atoms with van der Waals surface area (Å²) in [4.78, 5) is 23.5. The van der Waals surface area contributed by atoms with Crippen molar-refractivity contribution in [2.45, 2.75) is 63.8 Å². The Labute approximate surface area is 163 Å². The Morgan fingerprint density at radius 1 is 1.29 bits per heavy atom. The Kier molecular flexibility index (Phi) is 3.84. The molecule has 7 nitrogen and oxygen atoms in total. The number of oxazole rings is 1. The van der Waals surface area contributed by atoms with E-state index in [1.165, 1.54) is 0 Å². The molecule has 0 aliphatic carbocycles. The Bertz CT molecular complexity index is 1040. The van der Waals surface area contributed by atoms with Gasteiger partial charge in [0.15, 0.2) is 5.89 Å². The maximum absolute atomic E-state index is 13.1. The van der Waals surface area contributed by atoms with Crippen molar-refractivity contribution in [2.75, 3.05) is 0 Å². The fourth-order valence-corrected chi connectivity index (χ4v) is 5.11. The number of carbonyl (C=O) groups excluding carboxylic acids is 1. The molecule has 5 rings (SSSR count). The Balaban J connectivity index is 1.39. The maximum atomic E-state index is 13.1. The summed E-state index contributed by atoms with van der Waals surface area (Å²) in [5.41, 5.74) is 0.820. The fraction of sp³-hybridized carbons (Fsp3) is 0.476. The van der Waals surface area contributed by atoms with Crippen molar-refractivity contribution in [2.24, 2.45) is 0 Å². The molecule has 5 heterocycles. The molecule has 28 heavy (non-hydrogen) atoms. The number of piperidine rings is 1. The van der Waals surface area contributed by atoms with E-state index in [1.807, 2.05) is 29.4 Å². The molecule has 2 aliphatic rings. The van der Waals surface area contributed by atoms with Gasteiger partial charge in [0, 0.05) is 36.8 Å². The Morgan fingerprint density at radius 2 is 2.04 bits per heavy atom. The number of fused-ring (bicyclic) bond motifs is 3. The van der Waals surface area contributed by atoms with Crippen LogP contribution in [0.15, 0.2) is 35.1 Å². The summed E-state index contributed by atoms with van der Waals surface area (Å²) >= 11 is 0. The highest BCUT2D eigenvalue weighted by atomic mass is 16.4. The monoisotopic (exact) mass is 380 g/mol. The second kappa shape index (κ2) is 6.17. The lowest BCUT2D eigenvalue weighted by molar-refractivity contribution is -0.0539. The molecule has 2 atom stereocenters. The molecule has 146 valence electrons. The van der Waals surface area contributed by atoms with E-state index in [0.29, 0.717) is 36.7 Å². The van der Waals surface area contributed by atoms with Gasteiger partial charge in [-0.25, -0.2) is 4.98 Å². The van der Waals surface area contributed by atoms with E-state index in [1.54, 1.807) is 20.0 Å². The predicted octanol–water partition coefficient (Wildman–Crippen LogP) is 2.84. The number of aliphatic hydroxyl groups is 1. The van der Waals surface area contributed by atoms with Gasteiger partial charge in [0.25, 0.3) is 5.91 Å². The van der Waals surface area contributed by atoms with Gasteiger partial charge in [-0.1, -0.05) is 0 Å². The lowest BCUT2D eigenvalue weighted by Gasteiger charge is -2.43. The first-order chi connectivity index (χ1) is 13.4. The molecule has 2 fully saturated rings. The first-order valence-electron chi connectivity index (χ1n) is 9.81. The molecule has 3 aromatic rings. The Morgan fingerprint density at radius 3 is 2.71 bits per heavy atom. The van der Waals surface area contributed by atoms with Gasteiger partial charge in [0.05, 0.1) is 29.6 Å². The third-order valence-electron chi connectivity index (χ3n) is 6.22. The number of amides is 1. The zero-order valence-electron chi connectivity index (χ0n) is 16.1. The van der Waals surface area contributed by atoms with Gasteiger partial charge in [-0.05, 0) is 44.7 Å². The van der Waals surface area contributed by atoms with Gasteiger partial charge < -0.3 is 19.0 Å². The molecule has 0 saturated carbocycles. The third-order valence-corrected chi connectivity index (χ3v) is 6.22.